The molecule has 0 aliphatic carbocycles. The predicted octanol–water partition coefficient (Wildman–Crippen LogP) is 3.23. The van der Waals surface area contributed by atoms with Gasteiger partial charge in [0.05, 0.1) is 11.5 Å². The summed E-state index contributed by atoms with van der Waals surface area (Å²) in [5.41, 5.74) is 3.10. The highest BCUT2D eigenvalue weighted by atomic mass is 33.1. The zero-order chi connectivity index (χ0) is 24.2. The molecule has 2 aromatic carbocycles. The molecule has 178 valence electrons. The number of amides is 2. The first-order valence-corrected chi connectivity index (χ1v) is 13.4. The van der Waals surface area contributed by atoms with Crippen molar-refractivity contribution in [2.75, 3.05) is 21.3 Å². The number of rotatable bonds is 7. The number of carboxylic acids is 2. The van der Waals surface area contributed by atoms with Gasteiger partial charge >= 0.3 is 11.9 Å². The Hall–Kier alpha value is -2.98. The van der Waals surface area contributed by atoms with Crippen LogP contribution in [0, 0.1) is 0 Å². The maximum atomic E-state index is 13.0. The normalized spacial score (nSPS) is 19.2. The van der Waals surface area contributed by atoms with Crippen LogP contribution in [0.4, 0.5) is 11.4 Å². The number of anilines is 2. The van der Waals surface area contributed by atoms with Gasteiger partial charge in [0, 0.05) is 11.4 Å². The summed E-state index contributed by atoms with van der Waals surface area (Å²) < 4.78 is 0. The minimum atomic E-state index is -1.04. The van der Waals surface area contributed by atoms with Crippen molar-refractivity contribution in [1.82, 2.24) is 0 Å². The van der Waals surface area contributed by atoms with Crippen molar-refractivity contribution in [1.29, 1.82) is 0 Å². The van der Waals surface area contributed by atoms with Crippen molar-refractivity contribution in [2.45, 2.75) is 37.8 Å². The van der Waals surface area contributed by atoms with Crippen LogP contribution in [0.2, 0.25) is 0 Å². The molecule has 4 rings (SSSR count). The monoisotopic (exact) mass is 500 g/mol. The lowest BCUT2D eigenvalue weighted by atomic mass is 9.95. The Morgan fingerprint density at radius 2 is 1.09 bits per heavy atom. The van der Waals surface area contributed by atoms with Gasteiger partial charge < -0.3 is 10.2 Å². The number of carboxylic acid groups (broad SMARTS) is 2. The average Bonchev–Trinajstić information content (AvgIpc) is 2.84. The second kappa shape index (κ2) is 10.5. The second-order valence-corrected chi connectivity index (χ2v) is 10.6. The number of benzene rings is 2. The highest BCUT2D eigenvalue weighted by Crippen LogP contribution is 2.34. The van der Waals surface area contributed by atoms with E-state index in [0.717, 1.165) is 32.7 Å². The van der Waals surface area contributed by atoms with E-state index in [-0.39, 0.29) is 23.3 Å². The Balaban J connectivity index is 1.39. The largest absolute Gasteiger partial charge is 0.480 e. The molecule has 2 heterocycles. The number of carbonyl (C=O) groups is 4. The summed E-state index contributed by atoms with van der Waals surface area (Å²) in [6.45, 7) is 0. The third-order valence-corrected chi connectivity index (χ3v) is 8.16. The number of nitrogens with zero attached hydrogens (tertiary/aromatic N) is 2. The van der Waals surface area contributed by atoms with Crippen LogP contribution >= 0.6 is 21.6 Å². The Morgan fingerprint density at radius 1 is 0.706 bits per heavy atom. The van der Waals surface area contributed by atoms with E-state index >= 15 is 0 Å². The van der Waals surface area contributed by atoms with Crippen LogP contribution in [0.1, 0.15) is 24.0 Å². The minimum Gasteiger partial charge on any atom is -0.480 e. The van der Waals surface area contributed by atoms with Crippen molar-refractivity contribution in [3.8, 4) is 0 Å². The molecule has 8 nitrogen and oxygen atoms in total. The van der Waals surface area contributed by atoms with Crippen LogP contribution in [0.15, 0.2) is 48.5 Å². The van der Waals surface area contributed by atoms with Gasteiger partial charge in [-0.3, -0.25) is 19.4 Å². The smallest absolute Gasteiger partial charge is 0.326 e. The first-order chi connectivity index (χ1) is 16.4. The molecular weight excluding hydrogens is 476 g/mol. The molecule has 2 aliphatic rings. The first kappa shape index (κ1) is 24.2. The molecule has 0 saturated heterocycles. The molecule has 0 spiro atoms. The lowest BCUT2D eigenvalue weighted by molar-refractivity contribution is -0.140. The van der Waals surface area contributed by atoms with E-state index in [1.165, 1.54) is 9.80 Å². The molecule has 10 heteroatoms. The predicted molar refractivity (Wildman–Crippen MR) is 132 cm³/mol. The van der Waals surface area contributed by atoms with E-state index in [1.807, 2.05) is 24.3 Å². The molecule has 2 unspecified atom stereocenters. The van der Waals surface area contributed by atoms with Gasteiger partial charge in [0.2, 0.25) is 11.8 Å². The molecule has 34 heavy (non-hydrogen) atoms. The van der Waals surface area contributed by atoms with Crippen LogP contribution in [0.25, 0.3) is 0 Å². The fraction of sp³-hybridized carbons (Fsp3) is 0.333. The molecule has 2 N–H and O–H groups in total. The molecule has 0 radical (unpaired) electrons. The zero-order valence-electron chi connectivity index (χ0n) is 18.3. The third-order valence-electron chi connectivity index (χ3n) is 6.06. The highest BCUT2D eigenvalue weighted by molar-refractivity contribution is 8.77. The standard InChI is InChI=1S/C24H24N2O6S2/c27-21(25-17-7-3-1-5-15(17)9-11-19(25)23(29)30)13-33-34-14-22(28)26-18-8-4-2-6-16(18)10-12-20(26)24(31)32/h1-8,19-20H,9-14H2,(H,29,30)(H,31,32). The molecule has 2 atom stereocenters. The Kier molecular flexibility index (Phi) is 7.47. The lowest BCUT2D eigenvalue weighted by Gasteiger charge is -2.35. The van der Waals surface area contributed by atoms with Crippen LogP contribution in [0.5, 0.6) is 0 Å². The fourth-order valence-corrected chi connectivity index (χ4v) is 6.25. The van der Waals surface area contributed by atoms with E-state index in [9.17, 15) is 29.4 Å². The van der Waals surface area contributed by atoms with Crippen LogP contribution in [-0.4, -0.2) is 57.6 Å². The number of fused-ring (bicyclic) bond motifs is 2. The van der Waals surface area contributed by atoms with E-state index in [1.54, 1.807) is 24.3 Å². The Bertz CT molecular complexity index is 1040. The number of hydrogen-bond donors (Lipinski definition) is 2. The summed E-state index contributed by atoms with van der Waals surface area (Å²) in [4.78, 5) is 52.2. The minimum absolute atomic E-state index is 0.00495. The summed E-state index contributed by atoms with van der Waals surface area (Å²) >= 11 is 0. The van der Waals surface area contributed by atoms with Crippen LogP contribution < -0.4 is 9.80 Å². The summed E-state index contributed by atoms with van der Waals surface area (Å²) in [7, 11) is 2.33. The third kappa shape index (κ3) is 4.92. The van der Waals surface area contributed by atoms with E-state index in [2.05, 4.69) is 0 Å². The Labute approximate surface area is 204 Å². The summed E-state index contributed by atoms with van der Waals surface area (Å²) in [5.74, 6) is -2.77. The van der Waals surface area contributed by atoms with Gasteiger partial charge in [0.1, 0.15) is 12.1 Å². The van der Waals surface area contributed by atoms with Gasteiger partial charge in [-0.2, -0.15) is 0 Å². The van der Waals surface area contributed by atoms with Gasteiger partial charge in [-0.15, -0.1) is 0 Å². The quantitative estimate of drug-likeness (QED) is 0.440. The molecule has 2 aliphatic heterocycles. The highest BCUT2D eigenvalue weighted by Gasteiger charge is 2.37. The number of aliphatic carboxylic acids is 2. The van der Waals surface area contributed by atoms with Crippen LogP contribution in [0.3, 0.4) is 0 Å². The summed E-state index contributed by atoms with van der Waals surface area (Å²) in [6, 6.07) is 12.7. The number of carbonyl (C=O) groups excluding carboxylic acids is 2. The van der Waals surface area contributed by atoms with Crippen molar-refractivity contribution < 1.29 is 29.4 Å². The number of hydrogen-bond acceptors (Lipinski definition) is 6. The zero-order valence-corrected chi connectivity index (χ0v) is 19.9. The summed E-state index contributed by atoms with van der Waals surface area (Å²) in [5, 5.41) is 19.2. The molecule has 2 aromatic rings. The van der Waals surface area contributed by atoms with E-state index in [4.69, 9.17) is 0 Å². The Morgan fingerprint density at radius 3 is 1.47 bits per heavy atom. The molecule has 0 saturated carbocycles. The molecule has 0 aromatic heterocycles. The van der Waals surface area contributed by atoms with E-state index in [0.29, 0.717) is 37.1 Å². The summed E-state index contributed by atoms with van der Waals surface area (Å²) in [6.07, 6.45) is 1.88. The molecule has 0 fully saturated rings. The van der Waals surface area contributed by atoms with E-state index < -0.39 is 24.0 Å². The molecule has 2 amide bonds. The molecule has 0 bridgehead atoms. The fourth-order valence-electron chi connectivity index (χ4n) is 4.50. The van der Waals surface area contributed by atoms with Crippen LogP contribution in [-0.2, 0) is 32.0 Å². The maximum Gasteiger partial charge on any atom is 0.326 e. The second-order valence-electron chi connectivity index (χ2n) is 8.09. The van der Waals surface area contributed by atoms with Crippen molar-refractivity contribution in [3.05, 3.63) is 59.7 Å². The topological polar surface area (TPSA) is 115 Å². The van der Waals surface area contributed by atoms with Crippen molar-refractivity contribution >= 4 is 56.7 Å². The number of para-hydroxylation sites is 2. The van der Waals surface area contributed by atoms with Gasteiger partial charge in [0.25, 0.3) is 0 Å². The maximum absolute atomic E-state index is 13.0. The average molecular weight is 501 g/mol. The molecular formula is C24H24N2O6S2. The SMILES string of the molecule is O=C(O)C1CCc2ccccc2N1C(=O)CSSCC(=O)N1c2ccccc2CCC1C(=O)O. The number of aryl methyl sites for hydroxylation is 2. The van der Waals surface area contributed by atoms with Gasteiger partial charge in [-0.05, 0) is 48.9 Å². The van der Waals surface area contributed by atoms with Crippen molar-refractivity contribution in [2.24, 2.45) is 0 Å². The van der Waals surface area contributed by atoms with Gasteiger partial charge in [0.15, 0.2) is 0 Å². The first-order valence-electron chi connectivity index (χ1n) is 10.9. The lowest BCUT2D eigenvalue weighted by Crippen LogP contribution is -2.49. The van der Waals surface area contributed by atoms with Crippen molar-refractivity contribution in [3.63, 3.8) is 0 Å². The van der Waals surface area contributed by atoms with Gasteiger partial charge in [-0.1, -0.05) is 58.0 Å². The van der Waals surface area contributed by atoms with Gasteiger partial charge in [-0.25, -0.2) is 9.59 Å².